The van der Waals surface area contributed by atoms with Crippen LogP contribution in [0.15, 0.2) is 0 Å². The van der Waals surface area contributed by atoms with Crippen LogP contribution in [0, 0.1) is 0 Å². The fraction of sp³-hybridized carbons (Fsp3) is 0.944. The van der Waals surface area contributed by atoms with Gasteiger partial charge in [0.05, 0.1) is 13.2 Å². The Morgan fingerprint density at radius 2 is 1.24 bits per heavy atom. The van der Waals surface area contributed by atoms with Crippen molar-refractivity contribution in [1.82, 2.24) is 4.90 Å². The van der Waals surface area contributed by atoms with Gasteiger partial charge in [0, 0.05) is 0 Å². The Balaban J connectivity index is 3.23. The van der Waals surface area contributed by atoms with Crippen LogP contribution in [0.25, 0.3) is 0 Å². The van der Waals surface area contributed by atoms with E-state index >= 15 is 0 Å². The maximum atomic E-state index is 11.6. The Hall–Kier alpha value is -0.570. The molecule has 0 bridgehead atoms. The maximum absolute atomic E-state index is 11.6. The van der Waals surface area contributed by atoms with Gasteiger partial charge in [-0.2, -0.15) is 0 Å². The number of ether oxygens (including phenoxy) is 1. The van der Waals surface area contributed by atoms with Crippen LogP contribution in [0.4, 0.5) is 0 Å². The number of esters is 1. The van der Waals surface area contributed by atoms with E-state index in [1.807, 2.05) is 0 Å². The van der Waals surface area contributed by atoms with Crippen molar-refractivity contribution in [2.24, 2.45) is 0 Å². The van der Waals surface area contributed by atoms with E-state index in [-0.39, 0.29) is 5.97 Å². The molecule has 0 spiro atoms. The normalized spacial score (nSPS) is 11.0. The molecule has 0 radical (unpaired) electrons. The summed E-state index contributed by atoms with van der Waals surface area (Å²) < 4.78 is 5.27. The highest BCUT2D eigenvalue weighted by Crippen LogP contribution is 2.10. The summed E-state index contributed by atoms with van der Waals surface area (Å²) in [5.41, 5.74) is 0. The summed E-state index contributed by atoms with van der Waals surface area (Å²) in [5, 5.41) is 0. The predicted octanol–water partition coefficient (Wildman–Crippen LogP) is 4.79. The van der Waals surface area contributed by atoms with Gasteiger partial charge in [0.25, 0.3) is 0 Å². The number of nitrogens with zero attached hydrogens (tertiary/aromatic N) is 1. The molecule has 0 aliphatic rings. The molecule has 0 aliphatic carbocycles. The lowest BCUT2D eigenvalue weighted by molar-refractivity contribution is -0.145. The zero-order valence-electron chi connectivity index (χ0n) is 14.7. The maximum Gasteiger partial charge on any atom is 0.320 e. The number of carbonyl (C=O) groups excluding carboxylic acids is 1. The number of hydrogen-bond donors (Lipinski definition) is 0. The summed E-state index contributed by atoms with van der Waals surface area (Å²) >= 11 is 0. The molecule has 0 N–H and O–H groups in total. The van der Waals surface area contributed by atoms with Gasteiger partial charge in [-0.3, -0.25) is 9.69 Å². The molecule has 21 heavy (non-hydrogen) atoms. The van der Waals surface area contributed by atoms with Crippen LogP contribution in [0.3, 0.4) is 0 Å². The Morgan fingerprint density at radius 3 is 1.71 bits per heavy atom. The van der Waals surface area contributed by atoms with Crippen molar-refractivity contribution in [3.63, 3.8) is 0 Å². The largest absolute Gasteiger partial charge is 0.465 e. The number of rotatable bonds is 15. The fourth-order valence-corrected chi connectivity index (χ4v) is 2.45. The number of unbranched alkanes of at least 4 members (excludes halogenated alkanes) is 9. The van der Waals surface area contributed by atoms with Crippen molar-refractivity contribution in [2.75, 3.05) is 26.2 Å². The van der Waals surface area contributed by atoms with Crippen molar-refractivity contribution in [1.29, 1.82) is 0 Å². The average Bonchev–Trinajstić information content (AvgIpc) is 2.50. The first-order valence-electron chi connectivity index (χ1n) is 9.12. The Labute approximate surface area is 132 Å². The van der Waals surface area contributed by atoms with Crippen LogP contribution in [-0.4, -0.2) is 37.1 Å². The second kappa shape index (κ2) is 15.8. The van der Waals surface area contributed by atoms with Gasteiger partial charge in [-0.05, 0) is 19.5 Å². The number of likely N-dealkylation sites (N-methyl/N-ethyl adjacent to an activating group) is 1. The van der Waals surface area contributed by atoms with Crippen LogP contribution in [0.5, 0.6) is 0 Å². The van der Waals surface area contributed by atoms with Gasteiger partial charge in [-0.15, -0.1) is 0 Å². The van der Waals surface area contributed by atoms with Gasteiger partial charge >= 0.3 is 5.97 Å². The highest BCUT2D eigenvalue weighted by Gasteiger charge is 2.07. The van der Waals surface area contributed by atoms with Gasteiger partial charge in [-0.1, -0.05) is 78.6 Å². The number of hydrogen-bond acceptors (Lipinski definition) is 3. The molecule has 0 atom stereocenters. The van der Waals surface area contributed by atoms with Crippen LogP contribution >= 0.6 is 0 Å². The van der Waals surface area contributed by atoms with Gasteiger partial charge in [0.2, 0.25) is 0 Å². The fourth-order valence-electron chi connectivity index (χ4n) is 2.45. The monoisotopic (exact) mass is 299 g/mol. The van der Waals surface area contributed by atoms with Crippen LogP contribution < -0.4 is 0 Å². The van der Waals surface area contributed by atoms with E-state index < -0.39 is 0 Å². The van der Waals surface area contributed by atoms with Crippen molar-refractivity contribution in [3.8, 4) is 0 Å². The third kappa shape index (κ3) is 14.1. The minimum absolute atomic E-state index is 0.0744. The molecule has 0 aromatic heterocycles. The summed E-state index contributed by atoms with van der Waals surface area (Å²) in [6.07, 6.45) is 13.1. The molecule has 0 saturated carbocycles. The first-order chi connectivity index (χ1) is 10.2. The molecule has 0 aliphatic heterocycles. The third-order valence-electron chi connectivity index (χ3n) is 4.01. The summed E-state index contributed by atoms with van der Waals surface area (Å²) in [4.78, 5) is 13.7. The second-order valence-corrected chi connectivity index (χ2v) is 5.86. The smallest absolute Gasteiger partial charge is 0.320 e. The lowest BCUT2D eigenvalue weighted by Crippen LogP contribution is -2.30. The Morgan fingerprint density at radius 1 is 0.762 bits per heavy atom. The van der Waals surface area contributed by atoms with Crippen LogP contribution in [0.1, 0.15) is 85.0 Å². The molecule has 0 unspecified atom stereocenters. The van der Waals surface area contributed by atoms with Gasteiger partial charge in [0.1, 0.15) is 0 Å². The number of carbonyl (C=O) groups is 1. The van der Waals surface area contributed by atoms with Gasteiger partial charge in [0.15, 0.2) is 0 Å². The van der Waals surface area contributed by atoms with Gasteiger partial charge < -0.3 is 4.74 Å². The first-order valence-corrected chi connectivity index (χ1v) is 9.12. The van der Waals surface area contributed by atoms with Crippen LogP contribution in [0.2, 0.25) is 0 Å². The molecule has 0 aromatic rings. The molecule has 0 aromatic carbocycles. The Bertz CT molecular complexity index is 227. The van der Waals surface area contributed by atoms with Crippen molar-refractivity contribution < 1.29 is 9.53 Å². The lowest BCUT2D eigenvalue weighted by Gasteiger charge is -2.16. The van der Waals surface area contributed by atoms with E-state index in [1.165, 1.54) is 57.8 Å². The molecule has 126 valence electrons. The van der Waals surface area contributed by atoms with Crippen molar-refractivity contribution >= 4 is 5.97 Å². The standard InChI is InChI=1S/C18H37NO2/c1-4-7-8-9-10-11-12-13-14-15-16-21-18(20)17-19(5-2)6-3/h4-17H2,1-3H3. The highest BCUT2D eigenvalue weighted by atomic mass is 16.5. The highest BCUT2D eigenvalue weighted by molar-refractivity contribution is 5.71. The SMILES string of the molecule is CCCCCCCCCCCCOC(=O)CN(CC)CC. The molecule has 0 heterocycles. The molecular formula is C18H37NO2. The average molecular weight is 299 g/mol. The first kappa shape index (κ1) is 20.4. The van der Waals surface area contributed by atoms with Crippen LogP contribution in [-0.2, 0) is 9.53 Å². The zero-order chi connectivity index (χ0) is 15.8. The molecule has 0 rings (SSSR count). The van der Waals surface area contributed by atoms with E-state index in [4.69, 9.17) is 4.74 Å². The molecule has 3 nitrogen and oxygen atoms in total. The molecule has 0 amide bonds. The van der Waals surface area contributed by atoms with E-state index in [2.05, 4.69) is 25.7 Å². The van der Waals surface area contributed by atoms with Gasteiger partial charge in [-0.25, -0.2) is 0 Å². The van der Waals surface area contributed by atoms with Crippen molar-refractivity contribution in [3.05, 3.63) is 0 Å². The predicted molar refractivity (Wildman–Crippen MR) is 90.6 cm³/mol. The van der Waals surface area contributed by atoms with E-state index in [9.17, 15) is 4.79 Å². The topological polar surface area (TPSA) is 29.5 Å². The summed E-state index contributed by atoms with van der Waals surface area (Å²) in [6.45, 7) is 9.24. The second-order valence-electron chi connectivity index (χ2n) is 5.86. The van der Waals surface area contributed by atoms with E-state index in [0.717, 1.165) is 19.5 Å². The zero-order valence-corrected chi connectivity index (χ0v) is 14.7. The molecule has 0 fully saturated rings. The molecular weight excluding hydrogens is 262 g/mol. The quantitative estimate of drug-likeness (QED) is 0.321. The summed E-state index contributed by atoms with van der Waals surface area (Å²) in [6, 6.07) is 0. The van der Waals surface area contributed by atoms with Crippen molar-refractivity contribution in [2.45, 2.75) is 85.0 Å². The molecule has 0 saturated heterocycles. The third-order valence-corrected chi connectivity index (χ3v) is 4.01. The minimum Gasteiger partial charge on any atom is -0.465 e. The molecule has 3 heteroatoms. The summed E-state index contributed by atoms with van der Waals surface area (Å²) in [7, 11) is 0. The lowest BCUT2D eigenvalue weighted by atomic mass is 10.1. The minimum atomic E-state index is -0.0744. The van der Waals surface area contributed by atoms with E-state index in [0.29, 0.717) is 13.2 Å². The Kier molecular flexibility index (Phi) is 15.4. The summed E-state index contributed by atoms with van der Waals surface area (Å²) in [5.74, 6) is -0.0744. The van der Waals surface area contributed by atoms with E-state index in [1.54, 1.807) is 0 Å².